The Morgan fingerprint density at radius 2 is 2.25 bits per heavy atom. The van der Waals surface area contributed by atoms with Crippen LogP contribution in [0.4, 0.5) is 0 Å². The monoisotopic (exact) mass is 260 g/mol. The van der Waals surface area contributed by atoms with Crippen molar-refractivity contribution < 1.29 is 19.1 Å². The molecular weight excluding hydrogens is 248 g/mol. The lowest BCUT2D eigenvalue weighted by atomic mass is 10.0. The van der Waals surface area contributed by atoms with Crippen LogP contribution < -0.4 is 0 Å². The van der Waals surface area contributed by atoms with Gasteiger partial charge in [-0.1, -0.05) is 6.58 Å². The maximum Gasteiger partial charge on any atom is 0.327 e. The number of carbonyl (C=O) groups is 2. The van der Waals surface area contributed by atoms with E-state index in [0.717, 1.165) is 0 Å². The molecule has 6 heteroatoms. The number of methoxy groups -OCH3 is 2. The van der Waals surface area contributed by atoms with Gasteiger partial charge in [-0.15, -0.1) is 17.5 Å². The van der Waals surface area contributed by atoms with Crippen molar-refractivity contribution in [1.82, 2.24) is 0 Å². The molecule has 1 rings (SSSR count). The predicted octanol–water partition coefficient (Wildman–Crippen LogP) is 0.753. The number of thiol groups is 1. The summed E-state index contributed by atoms with van der Waals surface area (Å²) in [6, 6.07) is 0. The summed E-state index contributed by atoms with van der Waals surface area (Å²) in [6.07, 6.45) is 1.47. The largest absolute Gasteiger partial charge is 0.468 e. The molecule has 2 unspecified atom stereocenters. The van der Waals surface area contributed by atoms with Gasteiger partial charge in [0.15, 0.2) is 4.75 Å². The Bertz CT molecular complexity index is 384. The first-order valence-corrected chi connectivity index (χ1v) is 6.25. The van der Waals surface area contributed by atoms with Gasteiger partial charge in [0, 0.05) is 0 Å². The summed E-state index contributed by atoms with van der Waals surface area (Å²) in [6.45, 7) is 3.44. The number of thioether (sulfide) groups is 1. The summed E-state index contributed by atoms with van der Waals surface area (Å²) in [7, 11) is 2.58. The van der Waals surface area contributed by atoms with Crippen LogP contribution in [0.3, 0.4) is 0 Å². The summed E-state index contributed by atoms with van der Waals surface area (Å²) in [5.41, 5.74) is 2.55. The van der Waals surface area contributed by atoms with Crippen LogP contribution in [0.2, 0.25) is 0 Å². The summed E-state index contributed by atoms with van der Waals surface area (Å²) in [4.78, 5) is 23.4. The Balaban J connectivity index is 3.17. The summed E-state index contributed by atoms with van der Waals surface area (Å²) < 4.78 is 10.1. The molecule has 0 amide bonds. The van der Waals surface area contributed by atoms with E-state index >= 15 is 0 Å². The smallest absolute Gasteiger partial charge is 0.327 e. The molecule has 2 atom stereocenters. The van der Waals surface area contributed by atoms with E-state index in [9.17, 15) is 9.59 Å². The fourth-order valence-electron chi connectivity index (χ4n) is 1.34. The highest BCUT2D eigenvalue weighted by Crippen LogP contribution is 2.40. The maximum absolute atomic E-state index is 11.8. The van der Waals surface area contributed by atoms with Crippen LogP contribution in [0.5, 0.6) is 0 Å². The van der Waals surface area contributed by atoms with Crippen molar-refractivity contribution in [2.75, 3.05) is 14.2 Å². The van der Waals surface area contributed by atoms with Gasteiger partial charge in [0.1, 0.15) is 5.25 Å². The average Bonchev–Trinajstić information content (AvgIpc) is 2.72. The molecule has 0 fully saturated rings. The zero-order chi connectivity index (χ0) is 12.2. The first kappa shape index (κ1) is 13.1. The lowest BCUT2D eigenvalue weighted by Crippen LogP contribution is -2.45. The number of esters is 2. The highest BCUT2D eigenvalue weighted by Gasteiger charge is 2.50. The SMILES string of the molecule is C=C=CC1(C(=O)OC)[SH]=CSC1C(=O)OC. The van der Waals surface area contributed by atoms with Gasteiger partial charge in [0.25, 0.3) is 0 Å². The maximum atomic E-state index is 11.8. The molecule has 0 radical (unpaired) electrons. The third-order valence-electron chi connectivity index (χ3n) is 2.11. The van der Waals surface area contributed by atoms with Crippen molar-refractivity contribution in [3.05, 3.63) is 18.4 Å². The van der Waals surface area contributed by atoms with Crippen LogP contribution in [0.15, 0.2) is 18.4 Å². The standard InChI is InChI=1S/C10H12O4S2/c1-4-5-10(9(12)14-3)7(8(11)13-2)15-6-16-10/h5-7,16H,1H2,2-3H3. The molecular formula is C10H12O4S2. The Labute approximate surface area is 102 Å². The van der Waals surface area contributed by atoms with Gasteiger partial charge in [-0.05, 0) is 10.8 Å². The van der Waals surface area contributed by atoms with E-state index in [4.69, 9.17) is 4.74 Å². The fourth-order valence-corrected chi connectivity index (χ4v) is 4.32. The highest BCUT2D eigenvalue weighted by molar-refractivity contribution is 8.29. The van der Waals surface area contributed by atoms with E-state index in [1.165, 1.54) is 32.1 Å². The van der Waals surface area contributed by atoms with Gasteiger partial charge in [0.2, 0.25) is 0 Å². The second-order valence-corrected chi connectivity index (χ2v) is 5.52. The van der Waals surface area contributed by atoms with Gasteiger partial charge in [-0.25, -0.2) is 0 Å². The molecule has 1 aliphatic rings. The van der Waals surface area contributed by atoms with E-state index < -0.39 is 21.9 Å². The Morgan fingerprint density at radius 1 is 1.56 bits per heavy atom. The van der Waals surface area contributed by atoms with Crippen LogP contribution in [-0.2, 0) is 19.1 Å². The second-order valence-electron chi connectivity index (χ2n) is 2.94. The van der Waals surface area contributed by atoms with Crippen molar-refractivity contribution >= 4 is 39.8 Å². The Kier molecular flexibility index (Phi) is 4.41. The predicted molar refractivity (Wildman–Crippen MR) is 66.9 cm³/mol. The van der Waals surface area contributed by atoms with Crippen molar-refractivity contribution in [2.45, 2.75) is 10.00 Å². The quantitative estimate of drug-likeness (QED) is 0.351. The van der Waals surface area contributed by atoms with Crippen molar-refractivity contribution in [3.8, 4) is 0 Å². The van der Waals surface area contributed by atoms with Crippen LogP contribution in [0.1, 0.15) is 0 Å². The third kappa shape index (κ3) is 2.09. The molecule has 4 nitrogen and oxygen atoms in total. The van der Waals surface area contributed by atoms with Crippen LogP contribution in [0.25, 0.3) is 0 Å². The summed E-state index contributed by atoms with van der Waals surface area (Å²) in [5.74, 6) is -0.940. The van der Waals surface area contributed by atoms with E-state index in [2.05, 4.69) is 17.0 Å². The van der Waals surface area contributed by atoms with Crippen molar-refractivity contribution in [2.24, 2.45) is 0 Å². The molecule has 88 valence electrons. The van der Waals surface area contributed by atoms with E-state index in [1.54, 1.807) is 4.70 Å². The van der Waals surface area contributed by atoms with E-state index in [1.807, 2.05) is 0 Å². The van der Waals surface area contributed by atoms with E-state index in [-0.39, 0.29) is 0 Å². The van der Waals surface area contributed by atoms with Gasteiger partial charge >= 0.3 is 11.9 Å². The minimum absolute atomic E-state index is 0.455. The Hall–Kier alpha value is -0.970. The number of rotatable bonds is 3. The summed E-state index contributed by atoms with van der Waals surface area (Å²) >= 11 is 1.93. The number of hydrogen-bond acceptors (Lipinski definition) is 5. The zero-order valence-corrected chi connectivity index (χ0v) is 10.6. The third-order valence-corrected chi connectivity index (χ3v) is 5.03. The van der Waals surface area contributed by atoms with Gasteiger partial charge < -0.3 is 9.47 Å². The van der Waals surface area contributed by atoms with Crippen molar-refractivity contribution in [3.63, 3.8) is 0 Å². The van der Waals surface area contributed by atoms with Crippen LogP contribution >= 0.6 is 23.1 Å². The molecule has 0 saturated heterocycles. The minimum Gasteiger partial charge on any atom is -0.468 e. The first-order valence-electron chi connectivity index (χ1n) is 4.34. The second kappa shape index (κ2) is 5.39. The fraction of sp³-hybridized carbons (Fsp3) is 0.400. The normalized spacial score (nSPS) is 27.5. The van der Waals surface area contributed by atoms with Gasteiger partial charge in [0.05, 0.1) is 14.2 Å². The molecule has 0 aliphatic carbocycles. The molecule has 0 spiro atoms. The number of ether oxygens (including phenoxy) is 2. The van der Waals surface area contributed by atoms with Gasteiger partial charge in [-0.2, -0.15) is 11.4 Å². The molecule has 0 N–H and O–H groups in total. The topological polar surface area (TPSA) is 52.6 Å². The lowest BCUT2D eigenvalue weighted by Gasteiger charge is -2.25. The molecule has 1 aliphatic heterocycles. The summed E-state index contributed by atoms with van der Waals surface area (Å²) in [5, 5.41) is -0.638. The van der Waals surface area contributed by atoms with Gasteiger partial charge in [-0.3, -0.25) is 9.59 Å². The average molecular weight is 260 g/mol. The molecule has 1 heterocycles. The number of carbonyl (C=O) groups excluding carboxylic acids is 2. The highest BCUT2D eigenvalue weighted by atomic mass is 32.2. The van der Waals surface area contributed by atoms with Crippen LogP contribution in [-0.4, -0.2) is 40.9 Å². The minimum atomic E-state index is -1.06. The Morgan fingerprint density at radius 3 is 2.75 bits per heavy atom. The van der Waals surface area contributed by atoms with E-state index in [0.29, 0.717) is 11.4 Å². The van der Waals surface area contributed by atoms with Crippen molar-refractivity contribution in [1.29, 1.82) is 0 Å². The molecule has 0 aromatic carbocycles. The molecule has 0 saturated carbocycles. The zero-order valence-electron chi connectivity index (χ0n) is 8.93. The molecule has 0 aromatic rings. The van der Waals surface area contributed by atoms with Crippen LogP contribution in [0, 0.1) is 0 Å². The number of hydrogen-bond donors (Lipinski definition) is 1. The lowest BCUT2D eigenvalue weighted by molar-refractivity contribution is -0.147. The first-order chi connectivity index (χ1) is 7.62. The molecule has 0 aromatic heterocycles. The molecule has 0 bridgehead atoms. The molecule has 16 heavy (non-hydrogen) atoms.